The fourth-order valence-corrected chi connectivity index (χ4v) is 2.35. The van der Waals surface area contributed by atoms with Gasteiger partial charge < -0.3 is 10.2 Å². The molecule has 0 aromatic heterocycles. The Labute approximate surface area is 109 Å². The van der Waals surface area contributed by atoms with Crippen molar-refractivity contribution >= 4 is 28.2 Å². The summed E-state index contributed by atoms with van der Waals surface area (Å²) >= 11 is 0. The number of carbonyl (C=O) groups excluding carboxylic acids is 1. The molecule has 5 nitrogen and oxygen atoms in total. The lowest BCUT2D eigenvalue weighted by atomic mass is 10.0. The normalized spacial score (nSPS) is 20.5. The van der Waals surface area contributed by atoms with Crippen molar-refractivity contribution in [3.63, 3.8) is 0 Å². The Morgan fingerprint density at radius 2 is 2.06 bits per heavy atom. The predicted octanol–water partition coefficient (Wildman–Crippen LogP) is 0.0533. The highest BCUT2D eigenvalue weighted by molar-refractivity contribution is 7.90. The fourth-order valence-electron chi connectivity index (χ4n) is 1.74. The van der Waals surface area contributed by atoms with E-state index in [0.29, 0.717) is 0 Å². The molecule has 1 fully saturated rings. The van der Waals surface area contributed by atoms with Gasteiger partial charge in [-0.25, -0.2) is 8.42 Å². The molecule has 0 aromatic carbocycles. The van der Waals surface area contributed by atoms with Crippen molar-refractivity contribution in [3.05, 3.63) is 0 Å². The van der Waals surface area contributed by atoms with Gasteiger partial charge in [0.05, 0.1) is 11.8 Å². The number of piperidine rings is 1. The van der Waals surface area contributed by atoms with E-state index >= 15 is 0 Å². The third-order valence-corrected chi connectivity index (χ3v) is 3.71. The van der Waals surface area contributed by atoms with Gasteiger partial charge in [0.2, 0.25) is 5.91 Å². The predicted molar refractivity (Wildman–Crippen MR) is 70.2 cm³/mol. The molecule has 0 bridgehead atoms. The number of sulfone groups is 1. The first-order valence-corrected chi connectivity index (χ1v) is 7.62. The zero-order valence-electron chi connectivity index (χ0n) is 10.3. The lowest BCUT2D eigenvalue weighted by Gasteiger charge is -2.27. The summed E-state index contributed by atoms with van der Waals surface area (Å²) in [5, 5.41) is 3.16. The molecule has 0 aliphatic carbocycles. The molecule has 0 radical (unpaired) electrons. The molecular weight excluding hydrogens is 264 g/mol. The largest absolute Gasteiger partial charge is 0.343 e. The van der Waals surface area contributed by atoms with Gasteiger partial charge in [-0.15, -0.1) is 12.4 Å². The lowest BCUT2D eigenvalue weighted by molar-refractivity contribution is -0.132. The van der Waals surface area contributed by atoms with Crippen LogP contribution in [0.4, 0.5) is 0 Å². The van der Waals surface area contributed by atoms with Gasteiger partial charge in [0.25, 0.3) is 0 Å². The number of hydrogen-bond donors (Lipinski definition) is 1. The highest BCUT2D eigenvalue weighted by atomic mass is 35.5. The van der Waals surface area contributed by atoms with E-state index < -0.39 is 9.84 Å². The number of likely N-dealkylation sites (N-methyl/N-ethyl adjacent to an activating group) is 1. The van der Waals surface area contributed by atoms with Gasteiger partial charge in [-0.3, -0.25) is 4.79 Å². The summed E-state index contributed by atoms with van der Waals surface area (Å²) in [4.78, 5) is 13.4. The number of carbonyl (C=O) groups is 1. The molecule has 0 aromatic rings. The second-order valence-corrected chi connectivity index (χ2v) is 6.65. The molecule has 1 atom stereocenters. The van der Waals surface area contributed by atoms with Gasteiger partial charge in [-0.2, -0.15) is 0 Å². The Hall–Kier alpha value is -0.330. The Morgan fingerprint density at radius 1 is 1.41 bits per heavy atom. The van der Waals surface area contributed by atoms with Crippen molar-refractivity contribution in [1.82, 2.24) is 10.2 Å². The lowest BCUT2D eigenvalue weighted by Crippen LogP contribution is -2.48. The third-order valence-electron chi connectivity index (χ3n) is 2.78. The molecule has 0 saturated carbocycles. The van der Waals surface area contributed by atoms with Gasteiger partial charge in [-0.05, 0) is 19.4 Å². The van der Waals surface area contributed by atoms with Crippen LogP contribution < -0.4 is 5.32 Å². The first-order valence-electron chi connectivity index (χ1n) is 5.56. The SMILES string of the molecule is CN(CCS(C)(=O)=O)C(=O)[C@@H]1CCCCN1.Cl. The molecule has 1 aliphatic heterocycles. The molecule has 17 heavy (non-hydrogen) atoms. The summed E-state index contributed by atoms with van der Waals surface area (Å²) < 4.78 is 22.0. The molecule has 1 amide bonds. The number of rotatable bonds is 4. The average molecular weight is 285 g/mol. The average Bonchev–Trinajstić information content (AvgIpc) is 2.25. The second kappa shape index (κ2) is 7.18. The van der Waals surface area contributed by atoms with Crippen molar-refractivity contribution in [2.45, 2.75) is 25.3 Å². The van der Waals surface area contributed by atoms with Crippen molar-refractivity contribution in [1.29, 1.82) is 0 Å². The van der Waals surface area contributed by atoms with Crippen LogP contribution in [-0.2, 0) is 14.6 Å². The van der Waals surface area contributed by atoms with E-state index in [-0.39, 0.29) is 36.7 Å². The summed E-state index contributed by atoms with van der Waals surface area (Å²) in [6.07, 6.45) is 4.20. The molecule has 7 heteroatoms. The molecule has 1 aliphatic rings. The standard InChI is InChI=1S/C10H20N2O3S.ClH/c1-12(7-8-16(2,14)15)10(13)9-5-3-4-6-11-9;/h9,11H,3-8H2,1-2H3;1H/t9-;/m0./s1. The van der Waals surface area contributed by atoms with Gasteiger partial charge in [0, 0.05) is 19.8 Å². The van der Waals surface area contributed by atoms with Crippen LogP contribution in [0.5, 0.6) is 0 Å². The second-order valence-electron chi connectivity index (χ2n) is 4.39. The smallest absolute Gasteiger partial charge is 0.239 e. The quantitative estimate of drug-likeness (QED) is 0.792. The van der Waals surface area contributed by atoms with Crippen LogP contribution >= 0.6 is 12.4 Å². The minimum Gasteiger partial charge on any atom is -0.343 e. The molecule has 0 spiro atoms. The van der Waals surface area contributed by atoms with Crippen molar-refractivity contribution < 1.29 is 13.2 Å². The van der Waals surface area contributed by atoms with Gasteiger partial charge >= 0.3 is 0 Å². The van der Waals surface area contributed by atoms with Crippen LogP contribution in [0.25, 0.3) is 0 Å². The summed E-state index contributed by atoms with van der Waals surface area (Å²) in [6, 6.07) is -0.127. The first-order chi connectivity index (χ1) is 7.40. The number of hydrogen-bond acceptors (Lipinski definition) is 4. The molecular formula is C10H21ClN2O3S. The topological polar surface area (TPSA) is 66.5 Å². The Balaban J connectivity index is 0.00000256. The van der Waals surface area contributed by atoms with E-state index in [1.807, 2.05) is 0 Å². The van der Waals surface area contributed by atoms with Crippen LogP contribution in [0, 0.1) is 0 Å². The van der Waals surface area contributed by atoms with Crippen molar-refractivity contribution in [2.24, 2.45) is 0 Å². The van der Waals surface area contributed by atoms with Gasteiger partial charge in [-0.1, -0.05) is 6.42 Å². The fraction of sp³-hybridized carbons (Fsp3) is 0.900. The maximum atomic E-state index is 11.9. The number of nitrogens with one attached hydrogen (secondary N) is 1. The first kappa shape index (κ1) is 16.7. The van der Waals surface area contributed by atoms with E-state index in [1.165, 1.54) is 11.2 Å². The molecule has 102 valence electrons. The van der Waals surface area contributed by atoms with Crippen LogP contribution in [0.3, 0.4) is 0 Å². The number of halogens is 1. The zero-order valence-corrected chi connectivity index (χ0v) is 11.9. The van der Waals surface area contributed by atoms with Crippen LogP contribution in [0.15, 0.2) is 0 Å². The summed E-state index contributed by atoms with van der Waals surface area (Å²) in [5.74, 6) is 0.0328. The van der Waals surface area contributed by atoms with Crippen LogP contribution in [0.1, 0.15) is 19.3 Å². The summed E-state index contributed by atoms with van der Waals surface area (Å²) in [5.41, 5.74) is 0. The maximum Gasteiger partial charge on any atom is 0.239 e. The van der Waals surface area contributed by atoms with Gasteiger partial charge in [0.1, 0.15) is 9.84 Å². The van der Waals surface area contributed by atoms with Crippen molar-refractivity contribution in [3.8, 4) is 0 Å². The maximum absolute atomic E-state index is 11.9. The molecule has 1 rings (SSSR count). The Morgan fingerprint density at radius 3 is 2.53 bits per heavy atom. The zero-order chi connectivity index (χ0) is 12.2. The molecule has 1 heterocycles. The summed E-state index contributed by atoms with van der Waals surface area (Å²) in [6.45, 7) is 1.15. The highest BCUT2D eigenvalue weighted by Gasteiger charge is 2.23. The van der Waals surface area contributed by atoms with E-state index in [1.54, 1.807) is 7.05 Å². The van der Waals surface area contributed by atoms with E-state index in [0.717, 1.165) is 25.8 Å². The summed E-state index contributed by atoms with van der Waals surface area (Å²) in [7, 11) is -1.34. The van der Waals surface area contributed by atoms with Crippen LogP contribution in [-0.4, -0.2) is 57.4 Å². The molecule has 1 saturated heterocycles. The monoisotopic (exact) mass is 284 g/mol. The van der Waals surface area contributed by atoms with E-state index in [2.05, 4.69) is 5.32 Å². The van der Waals surface area contributed by atoms with Gasteiger partial charge in [0.15, 0.2) is 0 Å². The van der Waals surface area contributed by atoms with E-state index in [9.17, 15) is 13.2 Å². The minimum absolute atomic E-state index is 0. The van der Waals surface area contributed by atoms with Crippen LogP contribution in [0.2, 0.25) is 0 Å². The van der Waals surface area contributed by atoms with E-state index in [4.69, 9.17) is 0 Å². The number of nitrogens with zero attached hydrogens (tertiary/aromatic N) is 1. The number of amides is 1. The highest BCUT2D eigenvalue weighted by Crippen LogP contribution is 2.09. The third kappa shape index (κ3) is 6.24. The Kier molecular flexibility index (Phi) is 7.04. The molecule has 1 N–H and O–H groups in total. The Bertz CT molecular complexity index is 339. The molecule has 0 unspecified atom stereocenters. The minimum atomic E-state index is -3.00. The van der Waals surface area contributed by atoms with Crippen molar-refractivity contribution in [2.75, 3.05) is 32.1 Å².